The lowest BCUT2D eigenvalue weighted by Crippen LogP contribution is -2.32. The molecule has 4 nitrogen and oxygen atoms in total. The second-order valence-electron chi connectivity index (χ2n) is 8.08. The third-order valence-corrected chi connectivity index (χ3v) is 7.51. The van der Waals surface area contributed by atoms with Gasteiger partial charge in [-0.25, -0.2) is 8.42 Å². The van der Waals surface area contributed by atoms with Crippen molar-refractivity contribution >= 4 is 10.0 Å². The Hall–Kier alpha value is -1.43. The number of rotatable bonds is 2. The normalized spacial score (nSPS) is 26.8. The first kappa shape index (κ1) is 19.3. The maximum atomic E-state index is 13.1. The van der Waals surface area contributed by atoms with Gasteiger partial charge in [0, 0.05) is 19.0 Å². The Bertz CT molecular complexity index is 857. The van der Waals surface area contributed by atoms with Gasteiger partial charge in [0.05, 0.1) is 11.0 Å². The predicted molar refractivity (Wildman–Crippen MR) is 104 cm³/mol. The fourth-order valence-corrected chi connectivity index (χ4v) is 6.00. The van der Waals surface area contributed by atoms with Gasteiger partial charge < -0.3 is 5.11 Å². The highest BCUT2D eigenvalue weighted by Crippen LogP contribution is 2.46. The Morgan fingerprint density at radius 3 is 2.12 bits per heavy atom. The number of hydrogen-bond acceptors (Lipinski definition) is 3. The highest BCUT2D eigenvalue weighted by Gasteiger charge is 2.46. The molecule has 1 aliphatic heterocycles. The van der Waals surface area contributed by atoms with Crippen molar-refractivity contribution in [3.05, 3.63) is 52.1 Å². The minimum atomic E-state index is -3.50. The second kappa shape index (κ2) is 6.95. The van der Waals surface area contributed by atoms with Crippen LogP contribution in [0.3, 0.4) is 0 Å². The van der Waals surface area contributed by atoms with Crippen molar-refractivity contribution < 1.29 is 13.5 Å². The topological polar surface area (TPSA) is 57.6 Å². The van der Waals surface area contributed by atoms with Crippen molar-refractivity contribution in [2.45, 2.75) is 52.0 Å². The predicted octanol–water partition coefficient (Wildman–Crippen LogP) is 3.67. The number of allylic oxidation sites excluding steroid dienone is 2. The van der Waals surface area contributed by atoms with Crippen molar-refractivity contribution in [2.24, 2.45) is 11.8 Å². The molecule has 0 bridgehead atoms. The standard InChI is InChI=1S/C21H29NO3S/c1-13(2)20-18-12-22(11-16(18)10-19(23)21(20)14(3)4)26(24,25)17-8-6-15(5)7-9-17/h6-9,16,18-19,23H,10-12H2,1-5H3/t16-,18+,19-/m0/s1. The van der Waals surface area contributed by atoms with E-state index in [9.17, 15) is 13.5 Å². The molecule has 0 aromatic heterocycles. The van der Waals surface area contributed by atoms with Crippen molar-refractivity contribution in [3.63, 3.8) is 0 Å². The third-order valence-electron chi connectivity index (χ3n) is 5.66. The van der Waals surface area contributed by atoms with Crippen LogP contribution in [0.15, 0.2) is 51.5 Å². The molecule has 5 heteroatoms. The zero-order chi connectivity index (χ0) is 19.2. The molecule has 1 heterocycles. The van der Waals surface area contributed by atoms with Gasteiger partial charge in [0.25, 0.3) is 0 Å². The smallest absolute Gasteiger partial charge is 0.243 e. The van der Waals surface area contributed by atoms with Gasteiger partial charge in [0.1, 0.15) is 0 Å². The van der Waals surface area contributed by atoms with E-state index in [2.05, 4.69) is 13.8 Å². The molecule has 2 fully saturated rings. The molecule has 1 aliphatic carbocycles. The van der Waals surface area contributed by atoms with Crippen LogP contribution in [0.25, 0.3) is 0 Å². The summed E-state index contributed by atoms with van der Waals surface area (Å²) in [4.78, 5) is 0.350. The summed E-state index contributed by atoms with van der Waals surface area (Å²) >= 11 is 0. The molecule has 3 rings (SSSR count). The Kier molecular flexibility index (Phi) is 5.17. The van der Waals surface area contributed by atoms with E-state index >= 15 is 0 Å². The summed E-state index contributed by atoms with van der Waals surface area (Å²) in [6.07, 6.45) is 0.121. The fraction of sp³-hybridized carbons (Fsp3) is 0.524. The molecule has 0 spiro atoms. The van der Waals surface area contributed by atoms with E-state index in [1.54, 1.807) is 16.4 Å². The van der Waals surface area contributed by atoms with Crippen LogP contribution in [0.5, 0.6) is 0 Å². The number of nitrogens with zero attached hydrogens (tertiary/aromatic N) is 1. The van der Waals surface area contributed by atoms with E-state index in [1.807, 2.05) is 32.9 Å². The maximum absolute atomic E-state index is 13.1. The van der Waals surface area contributed by atoms with E-state index in [-0.39, 0.29) is 11.8 Å². The first-order valence-corrected chi connectivity index (χ1v) is 10.7. The molecule has 142 valence electrons. The van der Waals surface area contributed by atoms with Crippen LogP contribution < -0.4 is 0 Å². The van der Waals surface area contributed by atoms with Crippen LogP contribution in [-0.2, 0) is 10.0 Å². The zero-order valence-electron chi connectivity index (χ0n) is 16.3. The van der Waals surface area contributed by atoms with Gasteiger partial charge in [-0.05, 0) is 70.2 Å². The van der Waals surface area contributed by atoms with Gasteiger partial charge in [-0.2, -0.15) is 4.31 Å². The maximum Gasteiger partial charge on any atom is 0.243 e. The Labute approximate surface area is 157 Å². The summed E-state index contributed by atoms with van der Waals surface area (Å²) in [7, 11) is -3.50. The molecule has 1 aromatic carbocycles. The molecule has 1 saturated heterocycles. The minimum absolute atomic E-state index is 0.161. The molecule has 0 unspecified atom stereocenters. The Balaban J connectivity index is 1.97. The van der Waals surface area contributed by atoms with Crippen molar-refractivity contribution in [2.75, 3.05) is 13.1 Å². The van der Waals surface area contributed by atoms with Gasteiger partial charge in [-0.15, -0.1) is 0 Å². The highest BCUT2D eigenvalue weighted by atomic mass is 32.2. The lowest BCUT2D eigenvalue weighted by Gasteiger charge is -2.35. The van der Waals surface area contributed by atoms with Crippen molar-refractivity contribution in [3.8, 4) is 0 Å². The number of benzene rings is 1. The number of hydrogen-bond donors (Lipinski definition) is 1. The zero-order valence-corrected chi connectivity index (χ0v) is 17.1. The molecule has 3 atom stereocenters. The van der Waals surface area contributed by atoms with E-state index < -0.39 is 16.1 Å². The summed E-state index contributed by atoms with van der Waals surface area (Å²) in [6, 6.07) is 7.04. The minimum Gasteiger partial charge on any atom is -0.388 e. The Morgan fingerprint density at radius 1 is 1.00 bits per heavy atom. The molecular formula is C21H29NO3S. The van der Waals surface area contributed by atoms with Crippen LogP contribution >= 0.6 is 0 Å². The van der Waals surface area contributed by atoms with Crippen LogP contribution in [-0.4, -0.2) is 37.0 Å². The number of aliphatic hydroxyl groups excluding tert-OH is 1. The molecule has 1 saturated carbocycles. The average Bonchev–Trinajstić information content (AvgIpc) is 2.97. The summed E-state index contributed by atoms with van der Waals surface area (Å²) in [5.41, 5.74) is 5.51. The van der Waals surface area contributed by atoms with E-state index in [1.165, 1.54) is 5.57 Å². The second-order valence-corrected chi connectivity index (χ2v) is 10.0. The number of sulfonamides is 1. The first-order chi connectivity index (χ1) is 12.1. The summed E-state index contributed by atoms with van der Waals surface area (Å²) in [5.74, 6) is 0.326. The third kappa shape index (κ3) is 3.28. The van der Waals surface area contributed by atoms with Crippen LogP contribution in [0, 0.1) is 18.8 Å². The van der Waals surface area contributed by atoms with Crippen molar-refractivity contribution in [1.82, 2.24) is 4.31 Å². The van der Waals surface area contributed by atoms with Gasteiger partial charge in [-0.3, -0.25) is 0 Å². The molecule has 26 heavy (non-hydrogen) atoms. The summed E-state index contributed by atoms with van der Waals surface area (Å²) in [5, 5.41) is 10.7. The lowest BCUT2D eigenvalue weighted by atomic mass is 9.71. The highest BCUT2D eigenvalue weighted by molar-refractivity contribution is 7.89. The van der Waals surface area contributed by atoms with E-state index in [4.69, 9.17) is 0 Å². The molecule has 0 amide bonds. The molecular weight excluding hydrogens is 346 g/mol. The average molecular weight is 376 g/mol. The monoisotopic (exact) mass is 375 g/mol. The lowest BCUT2D eigenvalue weighted by molar-refractivity contribution is 0.153. The molecule has 1 N–H and O–H groups in total. The SMILES string of the molecule is CC(C)=C1C(=C(C)C)[C@@H]2CN(S(=O)(=O)c3ccc(C)cc3)C[C@@H]2C[C@@H]1O. The first-order valence-electron chi connectivity index (χ1n) is 9.23. The quantitative estimate of drug-likeness (QED) is 0.858. The summed E-state index contributed by atoms with van der Waals surface area (Å²) < 4.78 is 27.8. The van der Waals surface area contributed by atoms with E-state index in [0.29, 0.717) is 24.4 Å². The van der Waals surface area contributed by atoms with Gasteiger partial charge in [-0.1, -0.05) is 28.8 Å². The van der Waals surface area contributed by atoms with Gasteiger partial charge in [0.2, 0.25) is 10.0 Å². The van der Waals surface area contributed by atoms with Crippen LogP contribution in [0.2, 0.25) is 0 Å². The van der Waals surface area contributed by atoms with Gasteiger partial charge >= 0.3 is 0 Å². The number of aryl methyl sites for hydroxylation is 1. The fourth-order valence-electron chi connectivity index (χ4n) is 4.48. The van der Waals surface area contributed by atoms with Crippen LogP contribution in [0.4, 0.5) is 0 Å². The Morgan fingerprint density at radius 2 is 1.58 bits per heavy atom. The molecule has 2 aliphatic rings. The number of fused-ring (bicyclic) bond motifs is 1. The largest absolute Gasteiger partial charge is 0.388 e. The molecule has 0 radical (unpaired) electrons. The molecule has 1 aromatic rings. The van der Waals surface area contributed by atoms with Gasteiger partial charge in [0.15, 0.2) is 0 Å². The number of aliphatic hydroxyl groups is 1. The summed E-state index contributed by atoms with van der Waals surface area (Å²) in [6.45, 7) is 11.1. The van der Waals surface area contributed by atoms with Crippen LogP contribution in [0.1, 0.15) is 39.7 Å². The van der Waals surface area contributed by atoms with E-state index in [0.717, 1.165) is 22.3 Å². The van der Waals surface area contributed by atoms with Crippen molar-refractivity contribution in [1.29, 1.82) is 0 Å².